The Morgan fingerprint density at radius 1 is 1.12 bits per heavy atom. The molecule has 0 aliphatic rings. The lowest BCUT2D eigenvalue weighted by atomic mass is 10.0. The molecule has 5 nitrogen and oxygen atoms in total. The van der Waals surface area contributed by atoms with Crippen LogP contribution in [-0.2, 0) is 0 Å². The Balaban J connectivity index is 2.39. The molecule has 140 valence electrons. The number of benzene rings is 2. The minimum atomic E-state index is -0.690. The quantitative estimate of drug-likeness (QED) is 0.534. The summed E-state index contributed by atoms with van der Waals surface area (Å²) in [6.07, 6.45) is 0.625. The van der Waals surface area contributed by atoms with E-state index >= 15 is 0 Å². The number of carbonyl (C=O) groups is 1. The third-order valence-corrected chi connectivity index (χ3v) is 4.31. The highest BCUT2D eigenvalue weighted by Crippen LogP contribution is 2.34. The van der Waals surface area contributed by atoms with Crippen LogP contribution < -0.4 is 19.9 Å². The second kappa shape index (κ2) is 8.81. The number of halogens is 1. The van der Waals surface area contributed by atoms with Crippen LogP contribution in [0.5, 0.6) is 17.2 Å². The summed E-state index contributed by atoms with van der Waals surface area (Å²) in [5.74, 6) is 1.06. The Kier molecular flexibility index (Phi) is 6.75. The van der Waals surface area contributed by atoms with E-state index in [1.807, 2.05) is 26.0 Å². The van der Waals surface area contributed by atoms with E-state index < -0.39 is 6.10 Å². The van der Waals surface area contributed by atoms with Crippen molar-refractivity contribution in [2.45, 2.75) is 32.8 Å². The first-order chi connectivity index (χ1) is 12.4. The SMILES string of the molecule is CCCC(Oc1ccc(C)cc1N)C(=O)c1cc(OC)c(Cl)cc1OC. The first-order valence-electron chi connectivity index (χ1n) is 8.39. The van der Waals surface area contributed by atoms with E-state index in [-0.39, 0.29) is 5.78 Å². The van der Waals surface area contributed by atoms with Gasteiger partial charge in [-0.2, -0.15) is 0 Å². The number of hydrogen-bond acceptors (Lipinski definition) is 5. The lowest BCUT2D eigenvalue weighted by Crippen LogP contribution is -2.28. The van der Waals surface area contributed by atoms with Gasteiger partial charge in [-0.25, -0.2) is 0 Å². The second-order valence-electron chi connectivity index (χ2n) is 5.99. The van der Waals surface area contributed by atoms with E-state index in [9.17, 15) is 4.79 Å². The number of methoxy groups -OCH3 is 2. The Bertz CT molecular complexity index is 792. The van der Waals surface area contributed by atoms with Crippen molar-refractivity contribution < 1.29 is 19.0 Å². The molecule has 0 aliphatic carbocycles. The highest BCUT2D eigenvalue weighted by Gasteiger charge is 2.26. The zero-order valence-electron chi connectivity index (χ0n) is 15.5. The lowest BCUT2D eigenvalue weighted by Gasteiger charge is -2.20. The van der Waals surface area contributed by atoms with Crippen LogP contribution in [0.2, 0.25) is 5.02 Å². The molecule has 2 aromatic rings. The van der Waals surface area contributed by atoms with E-state index in [0.717, 1.165) is 12.0 Å². The fourth-order valence-corrected chi connectivity index (χ4v) is 2.89. The number of rotatable bonds is 8. The summed E-state index contributed by atoms with van der Waals surface area (Å²) in [5.41, 5.74) is 7.91. The molecule has 2 N–H and O–H groups in total. The first-order valence-corrected chi connectivity index (χ1v) is 8.77. The van der Waals surface area contributed by atoms with Gasteiger partial charge < -0.3 is 19.9 Å². The van der Waals surface area contributed by atoms with Crippen LogP contribution in [0.15, 0.2) is 30.3 Å². The highest BCUT2D eigenvalue weighted by atomic mass is 35.5. The number of carbonyl (C=O) groups excluding carboxylic acids is 1. The fourth-order valence-electron chi connectivity index (χ4n) is 2.66. The van der Waals surface area contributed by atoms with Crippen molar-refractivity contribution in [3.8, 4) is 17.2 Å². The van der Waals surface area contributed by atoms with Crippen LogP contribution >= 0.6 is 11.6 Å². The Morgan fingerprint density at radius 3 is 2.38 bits per heavy atom. The number of aryl methyl sites for hydroxylation is 1. The first kappa shape index (κ1) is 19.9. The number of hydrogen-bond donors (Lipinski definition) is 1. The topological polar surface area (TPSA) is 70.8 Å². The predicted octanol–water partition coefficient (Wildman–Crippen LogP) is 4.68. The summed E-state index contributed by atoms with van der Waals surface area (Å²) in [6.45, 7) is 3.93. The summed E-state index contributed by atoms with van der Waals surface area (Å²) >= 11 is 6.13. The predicted molar refractivity (Wildman–Crippen MR) is 104 cm³/mol. The molecule has 0 spiro atoms. The van der Waals surface area contributed by atoms with Gasteiger partial charge >= 0.3 is 0 Å². The molecule has 0 saturated heterocycles. The van der Waals surface area contributed by atoms with Gasteiger partial charge in [0.15, 0.2) is 6.10 Å². The Hall–Kier alpha value is -2.40. The minimum Gasteiger partial charge on any atom is -0.496 e. The van der Waals surface area contributed by atoms with Crippen LogP contribution in [0.4, 0.5) is 5.69 Å². The van der Waals surface area contributed by atoms with Gasteiger partial charge in [0.1, 0.15) is 17.2 Å². The molecule has 26 heavy (non-hydrogen) atoms. The monoisotopic (exact) mass is 377 g/mol. The number of ether oxygens (including phenoxy) is 3. The number of nitrogen functional groups attached to an aromatic ring is 1. The van der Waals surface area contributed by atoms with Crippen LogP contribution in [0.1, 0.15) is 35.7 Å². The molecule has 1 atom stereocenters. The molecule has 1 unspecified atom stereocenters. The lowest BCUT2D eigenvalue weighted by molar-refractivity contribution is 0.0775. The van der Waals surface area contributed by atoms with E-state index in [1.165, 1.54) is 14.2 Å². The zero-order valence-corrected chi connectivity index (χ0v) is 16.2. The standard InChI is InChI=1S/C20H24ClNO4/c1-5-6-17(26-16-8-7-12(2)9-15(16)22)20(23)13-10-19(25-4)14(21)11-18(13)24-3/h7-11,17H,5-6,22H2,1-4H3. The Morgan fingerprint density at radius 2 is 1.81 bits per heavy atom. The molecular formula is C20H24ClNO4. The maximum atomic E-state index is 13.1. The number of Topliss-reactive ketones (excluding diaryl/α,β-unsaturated/α-hetero) is 1. The van der Waals surface area contributed by atoms with Crippen molar-refractivity contribution in [2.75, 3.05) is 20.0 Å². The van der Waals surface area contributed by atoms with Crippen LogP contribution in [-0.4, -0.2) is 26.1 Å². The van der Waals surface area contributed by atoms with Crippen LogP contribution in [0, 0.1) is 6.92 Å². The summed E-state index contributed by atoms with van der Waals surface area (Å²) in [6, 6.07) is 8.63. The van der Waals surface area contributed by atoms with Gasteiger partial charge in [-0.3, -0.25) is 4.79 Å². The van der Waals surface area contributed by atoms with Gasteiger partial charge in [-0.05, 0) is 37.1 Å². The molecule has 0 heterocycles. The number of anilines is 1. The van der Waals surface area contributed by atoms with E-state index in [2.05, 4.69) is 0 Å². The third-order valence-electron chi connectivity index (χ3n) is 4.02. The summed E-state index contributed by atoms with van der Waals surface area (Å²) in [5, 5.41) is 0.372. The van der Waals surface area contributed by atoms with Crippen molar-refractivity contribution in [3.05, 3.63) is 46.5 Å². The zero-order chi connectivity index (χ0) is 19.3. The number of ketones is 1. The van der Waals surface area contributed by atoms with Crippen molar-refractivity contribution >= 4 is 23.1 Å². The van der Waals surface area contributed by atoms with Gasteiger partial charge in [0.05, 0.1) is 30.5 Å². The van der Waals surface area contributed by atoms with E-state index in [0.29, 0.717) is 39.9 Å². The third kappa shape index (κ3) is 4.41. The minimum absolute atomic E-state index is 0.210. The molecule has 2 aromatic carbocycles. The highest BCUT2D eigenvalue weighted by molar-refractivity contribution is 6.32. The van der Waals surface area contributed by atoms with Gasteiger partial charge in [0.25, 0.3) is 0 Å². The van der Waals surface area contributed by atoms with E-state index in [1.54, 1.807) is 18.2 Å². The average molecular weight is 378 g/mol. The molecule has 0 aliphatic heterocycles. The summed E-state index contributed by atoms with van der Waals surface area (Å²) in [4.78, 5) is 13.1. The maximum Gasteiger partial charge on any atom is 0.207 e. The Labute approximate surface area is 159 Å². The largest absolute Gasteiger partial charge is 0.496 e. The normalized spacial score (nSPS) is 11.7. The molecule has 0 saturated carbocycles. The smallest absolute Gasteiger partial charge is 0.207 e. The number of nitrogens with two attached hydrogens (primary N) is 1. The summed E-state index contributed by atoms with van der Waals surface area (Å²) in [7, 11) is 2.98. The van der Waals surface area contributed by atoms with Crippen molar-refractivity contribution in [1.82, 2.24) is 0 Å². The van der Waals surface area contributed by atoms with Crippen molar-refractivity contribution in [2.24, 2.45) is 0 Å². The van der Waals surface area contributed by atoms with Crippen molar-refractivity contribution in [1.29, 1.82) is 0 Å². The molecule has 0 amide bonds. The van der Waals surface area contributed by atoms with E-state index in [4.69, 9.17) is 31.5 Å². The van der Waals surface area contributed by atoms with Gasteiger partial charge in [0.2, 0.25) is 5.78 Å². The van der Waals surface area contributed by atoms with Gasteiger partial charge in [-0.1, -0.05) is 31.0 Å². The molecular weight excluding hydrogens is 354 g/mol. The van der Waals surface area contributed by atoms with Crippen LogP contribution in [0.25, 0.3) is 0 Å². The van der Waals surface area contributed by atoms with Crippen LogP contribution in [0.3, 0.4) is 0 Å². The molecule has 0 bridgehead atoms. The maximum absolute atomic E-state index is 13.1. The molecule has 2 rings (SSSR count). The van der Waals surface area contributed by atoms with Gasteiger partial charge in [-0.15, -0.1) is 0 Å². The molecule has 0 radical (unpaired) electrons. The van der Waals surface area contributed by atoms with Gasteiger partial charge in [0, 0.05) is 6.07 Å². The molecule has 0 fully saturated rings. The summed E-state index contributed by atoms with van der Waals surface area (Å²) < 4.78 is 16.5. The second-order valence-corrected chi connectivity index (χ2v) is 6.39. The molecule has 0 aromatic heterocycles. The molecule has 6 heteroatoms. The fraction of sp³-hybridized carbons (Fsp3) is 0.350. The average Bonchev–Trinajstić information content (AvgIpc) is 2.62. The van der Waals surface area contributed by atoms with Crippen molar-refractivity contribution in [3.63, 3.8) is 0 Å².